The second-order valence-corrected chi connectivity index (χ2v) is 6.33. The number of nitrogens with zero attached hydrogens (tertiary/aromatic N) is 4. The molecule has 7 heteroatoms. The number of thiazole rings is 1. The van der Waals surface area contributed by atoms with Gasteiger partial charge in [0.25, 0.3) is 6.47 Å². The molecule has 0 spiro atoms. The van der Waals surface area contributed by atoms with E-state index in [-0.39, 0.29) is 6.47 Å². The number of carbonyl (C=O) groups is 1. The Bertz CT molecular complexity index is 624. The summed E-state index contributed by atoms with van der Waals surface area (Å²) in [5.74, 6) is 0. The van der Waals surface area contributed by atoms with Gasteiger partial charge in [0.2, 0.25) is 0 Å². The highest BCUT2D eigenvalue weighted by atomic mass is 32.1. The van der Waals surface area contributed by atoms with Gasteiger partial charge < -0.3 is 10.0 Å². The van der Waals surface area contributed by atoms with Gasteiger partial charge in [0.1, 0.15) is 0 Å². The molecule has 0 atom stereocenters. The number of aromatic nitrogens is 2. The third-order valence-electron chi connectivity index (χ3n) is 3.92. The summed E-state index contributed by atoms with van der Waals surface area (Å²) < 4.78 is 0. The first-order valence-electron chi connectivity index (χ1n) is 7.50. The topological polar surface area (TPSA) is 69.6 Å². The zero-order valence-electron chi connectivity index (χ0n) is 13.5. The molecular weight excluding hydrogens is 312 g/mol. The van der Waals surface area contributed by atoms with Crippen LogP contribution in [0.4, 0.5) is 5.69 Å². The Morgan fingerprint density at radius 3 is 2.57 bits per heavy atom. The minimum Gasteiger partial charge on any atom is -0.483 e. The summed E-state index contributed by atoms with van der Waals surface area (Å²) in [7, 11) is 0. The number of hydrogen-bond donors (Lipinski definition) is 1. The Balaban J connectivity index is 0.000000595. The minimum absolute atomic E-state index is 0.250. The van der Waals surface area contributed by atoms with Gasteiger partial charge in [-0.1, -0.05) is 0 Å². The summed E-state index contributed by atoms with van der Waals surface area (Å²) in [4.78, 5) is 23.3. The average molecular weight is 334 g/mol. The maximum absolute atomic E-state index is 8.36. The molecule has 1 aliphatic heterocycles. The Kier molecular flexibility index (Phi) is 6.49. The maximum atomic E-state index is 8.36. The number of aryl methyl sites for hydroxylation is 2. The zero-order valence-corrected chi connectivity index (χ0v) is 14.3. The van der Waals surface area contributed by atoms with Gasteiger partial charge in [-0.25, -0.2) is 4.98 Å². The van der Waals surface area contributed by atoms with Crippen molar-refractivity contribution in [3.8, 4) is 0 Å². The van der Waals surface area contributed by atoms with Crippen molar-refractivity contribution in [2.24, 2.45) is 0 Å². The van der Waals surface area contributed by atoms with Gasteiger partial charge >= 0.3 is 0 Å². The predicted molar refractivity (Wildman–Crippen MR) is 92.0 cm³/mol. The quantitative estimate of drug-likeness (QED) is 0.868. The highest BCUT2D eigenvalue weighted by Crippen LogP contribution is 2.21. The van der Waals surface area contributed by atoms with E-state index in [0.29, 0.717) is 0 Å². The molecule has 0 aliphatic carbocycles. The summed E-state index contributed by atoms with van der Waals surface area (Å²) in [6.07, 6.45) is 3.83. The molecular formula is C16H22N4O2S. The van der Waals surface area contributed by atoms with Gasteiger partial charge in [0, 0.05) is 55.7 Å². The first-order chi connectivity index (χ1) is 11.2. The normalized spacial score (nSPS) is 15.0. The first-order valence-corrected chi connectivity index (χ1v) is 8.38. The fraction of sp³-hybridized carbons (Fsp3) is 0.438. The first kappa shape index (κ1) is 17.4. The summed E-state index contributed by atoms with van der Waals surface area (Å²) >= 11 is 1.77. The maximum Gasteiger partial charge on any atom is 0.290 e. The molecule has 0 amide bonds. The average Bonchev–Trinajstić information content (AvgIpc) is 2.95. The number of pyridine rings is 1. The van der Waals surface area contributed by atoms with Crippen molar-refractivity contribution in [3.05, 3.63) is 40.1 Å². The SMILES string of the molecule is Cc1cnccc1N1CCN(Cc2scnc2C)CC1.O=CO. The Morgan fingerprint density at radius 1 is 1.30 bits per heavy atom. The van der Waals surface area contributed by atoms with E-state index in [9.17, 15) is 0 Å². The van der Waals surface area contributed by atoms with Gasteiger partial charge in [-0.15, -0.1) is 11.3 Å². The van der Waals surface area contributed by atoms with Crippen molar-refractivity contribution in [2.75, 3.05) is 31.1 Å². The number of carboxylic acid groups (broad SMARTS) is 1. The molecule has 1 fully saturated rings. The molecule has 0 saturated carbocycles. The number of rotatable bonds is 3. The van der Waals surface area contributed by atoms with E-state index in [1.165, 1.54) is 21.8 Å². The molecule has 2 aromatic rings. The van der Waals surface area contributed by atoms with Crippen LogP contribution in [-0.4, -0.2) is 52.6 Å². The van der Waals surface area contributed by atoms with Gasteiger partial charge in [-0.3, -0.25) is 14.7 Å². The summed E-state index contributed by atoms with van der Waals surface area (Å²) in [6.45, 7) is 9.42. The fourth-order valence-corrected chi connectivity index (χ4v) is 3.47. The number of hydrogen-bond acceptors (Lipinski definition) is 6. The van der Waals surface area contributed by atoms with Crippen LogP contribution in [0.3, 0.4) is 0 Å². The standard InChI is InChI=1S/C15H20N4S.CH2O2/c1-12-9-16-4-3-14(12)19-7-5-18(6-8-19)10-15-13(2)17-11-20-15;2-1-3/h3-4,9,11H,5-8,10H2,1-2H3;1H,(H,2,3). The smallest absolute Gasteiger partial charge is 0.290 e. The molecule has 0 unspecified atom stereocenters. The van der Waals surface area contributed by atoms with E-state index in [1.807, 2.05) is 17.9 Å². The van der Waals surface area contributed by atoms with Crippen LogP contribution < -0.4 is 4.90 Å². The summed E-state index contributed by atoms with van der Waals surface area (Å²) in [5.41, 5.74) is 5.72. The van der Waals surface area contributed by atoms with Crippen molar-refractivity contribution >= 4 is 23.5 Å². The van der Waals surface area contributed by atoms with Crippen molar-refractivity contribution in [3.63, 3.8) is 0 Å². The van der Waals surface area contributed by atoms with Gasteiger partial charge in [0.05, 0.1) is 11.2 Å². The third-order valence-corrected chi connectivity index (χ3v) is 4.84. The van der Waals surface area contributed by atoms with Crippen LogP contribution in [0.5, 0.6) is 0 Å². The molecule has 23 heavy (non-hydrogen) atoms. The van der Waals surface area contributed by atoms with Crippen molar-refractivity contribution in [2.45, 2.75) is 20.4 Å². The van der Waals surface area contributed by atoms with E-state index < -0.39 is 0 Å². The lowest BCUT2D eigenvalue weighted by molar-refractivity contribution is -0.122. The molecule has 1 saturated heterocycles. The highest BCUT2D eigenvalue weighted by Gasteiger charge is 2.19. The fourth-order valence-electron chi connectivity index (χ4n) is 2.65. The van der Waals surface area contributed by atoms with Gasteiger partial charge in [-0.05, 0) is 25.5 Å². The van der Waals surface area contributed by atoms with E-state index in [1.54, 1.807) is 11.3 Å². The lowest BCUT2D eigenvalue weighted by atomic mass is 10.2. The number of piperazine rings is 1. The molecule has 2 aromatic heterocycles. The summed E-state index contributed by atoms with van der Waals surface area (Å²) in [6, 6.07) is 2.12. The number of anilines is 1. The molecule has 6 nitrogen and oxygen atoms in total. The monoisotopic (exact) mass is 334 g/mol. The zero-order chi connectivity index (χ0) is 16.7. The van der Waals surface area contributed by atoms with E-state index in [4.69, 9.17) is 9.90 Å². The van der Waals surface area contributed by atoms with Crippen LogP contribution in [-0.2, 0) is 11.3 Å². The molecule has 124 valence electrons. The third kappa shape index (κ3) is 4.74. The van der Waals surface area contributed by atoms with Crippen molar-refractivity contribution in [1.82, 2.24) is 14.9 Å². The van der Waals surface area contributed by atoms with Gasteiger partial charge in [0.15, 0.2) is 0 Å². The molecule has 0 aromatic carbocycles. The predicted octanol–water partition coefficient (Wildman–Crippen LogP) is 2.18. The van der Waals surface area contributed by atoms with E-state index in [2.05, 4.69) is 39.7 Å². The van der Waals surface area contributed by atoms with Crippen LogP contribution in [0.15, 0.2) is 24.0 Å². The van der Waals surface area contributed by atoms with Crippen LogP contribution >= 0.6 is 11.3 Å². The van der Waals surface area contributed by atoms with Crippen molar-refractivity contribution in [1.29, 1.82) is 0 Å². The van der Waals surface area contributed by atoms with Crippen LogP contribution in [0.25, 0.3) is 0 Å². The second-order valence-electron chi connectivity index (χ2n) is 5.39. The highest BCUT2D eigenvalue weighted by molar-refractivity contribution is 7.09. The van der Waals surface area contributed by atoms with Crippen LogP contribution in [0, 0.1) is 13.8 Å². The Hall–Kier alpha value is -1.99. The lowest BCUT2D eigenvalue weighted by Crippen LogP contribution is -2.46. The molecule has 0 bridgehead atoms. The molecule has 3 rings (SSSR count). The van der Waals surface area contributed by atoms with E-state index in [0.717, 1.165) is 32.7 Å². The second kappa shape index (κ2) is 8.59. The van der Waals surface area contributed by atoms with Crippen LogP contribution in [0.1, 0.15) is 16.1 Å². The molecule has 3 heterocycles. The van der Waals surface area contributed by atoms with E-state index >= 15 is 0 Å². The largest absolute Gasteiger partial charge is 0.483 e. The molecule has 1 N–H and O–H groups in total. The lowest BCUT2D eigenvalue weighted by Gasteiger charge is -2.36. The Labute approximate surface area is 140 Å². The van der Waals surface area contributed by atoms with Gasteiger partial charge in [-0.2, -0.15) is 0 Å². The molecule has 0 radical (unpaired) electrons. The Morgan fingerprint density at radius 2 is 2.00 bits per heavy atom. The van der Waals surface area contributed by atoms with Crippen LogP contribution in [0.2, 0.25) is 0 Å². The molecule has 1 aliphatic rings. The minimum atomic E-state index is -0.250. The van der Waals surface area contributed by atoms with Crippen molar-refractivity contribution < 1.29 is 9.90 Å². The summed E-state index contributed by atoms with van der Waals surface area (Å²) in [5, 5.41) is 6.89.